The van der Waals surface area contributed by atoms with Crippen LogP contribution in [0, 0.1) is 6.92 Å². The average Bonchev–Trinajstić information content (AvgIpc) is 2.50. The fraction of sp³-hybridized carbons (Fsp3) is 0.800. The summed E-state index contributed by atoms with van der Waals surface area (Å²) in [6, 6.07) is 0. The highest BCUT2D eigenvalue weighted by Crippen LogP contribution is 2.20. The SMILES string of the molecule is CCCNCC(C)Sc1nnc(C)n1C. The van der Waals surface area contributed by atoms with Crippen molar-refractivity contribution in [1.82, 2.24) is 20.1 Å². The van der Waals surface area contributed by atoms with Gasteiger partial charge in [0.2, 0.25) is 0 Å². The standard InChI is InChI=1S/C10H20N4S/c1-5-6-11-7-8(2)15-10-13-12-9(3)14(10)4/h8,11H,5-7H2,1-4H3. The van der Waals surface area contributed by atoms with Crippen LogP contribution in [0.3, 0.4) is 0 Å². The fourth-order valence-electron chi connectivity index (χ4n) is 1.19. The predicted molar refractivity (Wildman–Crippen MR) is 64.2 cm³/mol. The van der Waals surface area contributed by atoms with Gasteiger partial charge in [-0.1, -0.05) is 25.6 Å². The molecule has 0 aliphatic carbocycles. The van der Waals surface area contributed by atoms with Crippen molar-refractivity contribution in [2.75, 3.05) is 13.1 Å². The molecular weight excluding hydrogens is 208 g/mol. The highest BCUT2D eigenvalue weighted by Gasteiger charge is 2.10. The smallest absolute Gasteiger partial charge is 0.191 e. The van der Waals surface area contributed by atoms with E-state index < -0.39 is 0 Å². The number of rotatable bonds is 6. The molecule has 1 atom stereocenters. The Morgan fingerprint density at radius 1 is 1.47 bits per heavy atom. The van der Waals surface area contributed by atoms with Gasteiger partial charge in [-0.2, -0.15) is 0 Å². The van der Waals surface area contributed by atoms with Crippen molar-refractivity contribution in [3.63, 3.8) is 0 Å². The van der Waals surface area contributed by atoms with Crippen LogP contribution in [0.1, 0.15) is 26.1 Å². The maximum atomic E-state index is 4.13. The molecular formula is C10H20N4S. The second-order valence-corrected chi connectivity index (χ2v) is 5.13. The summed E-state index contributed by atoms with van der Waals surface area (Å²) in [5, 5.41) is 13.1. The lowest BCUT2D eigenvalue weighted by atomic mass is 10.4. The highest BCUT2D eigenvalue weighted by atomic mass is 32.2. The highest BCUT2D eigenvalue weighted by molar-refractivity contribution is 7.99. The van der Waals surface area contributed by atoms with Crippen molar-refractivity contribution in [3.05, 3.63) is 5.82 Å². The molecule has 0 bridgehead atoms. The minimum Gasteiger partial charge on any atom is -0.316 e. The number of aromatic nitrogens is 3. The van der Waals surface area contributed by atoms with Crippen molar-refractivity contribution in [3.8, 4) is 0 Å². The largest absolute Gasteiger partial charge is 0.316 e. The molecule has 0 fully saturated rings. The molecule has 1 rings (SSSR count). The van der Waals surface area contributed by atoms with Crippen LogP contribution in [0.4, 0.5) is 0 Å². The Morgan fingerprint density at radius 2 is 2.20 bits per heavy atom. The van der Waals surface area contributed by atoms with Gasteiger partial charge < -0.3 is 9.88 Å². The van der Waals surface area contributed by atoms with Gasteiger partial charge in [0.15, 0.2) is 5.16 Å². The summed E-state index contributed by atoms with van der Waals surface area (Å²) in [4.78, 5) is 0. The van der Waals surface area contributed by atoms with E-state index in [1.807, 2.05) is 18.5 Å². The lowest BCUT2D eigenvalue weighted by Gasteiger charge is -2.10. The monoisotopic (exact) mass is 228 g/mol. The molecule has 1 heterocycles. The van der Waals surface area contributed by atoms with E-state index >= 15 is 0 Å². The molecule has 15 heavy (non-hydrogen) atoms. The van der Waals surface area contributed by atoms with Gasteiger partial charge in [-0.25, -0.2) is 0 Å². The van der Waals surface area contributed by atoms with Crippen molar-refractivity contribution in [1.29, 1.82) is 0 Å². The number of nitrogens with one attached hydrogen (secondary N) is 1. The van der Waals surface area contributed by atoms with E-state index in [9.17, 15) is 0 Å². The number of hydrogen-bond donors (Lipinski definition) is 1. The number of thioether (sulfide) groups is 1. The molecule has 86 valence electrons. The van der Waals surface area contributed by atoms with Crippen molar-refractivity contribution >= 4 is 11.8 Å². The third-order valence-electron chi connectivity index (χ3n) is 2.22. The van der Waals surface area contributed by atoms with Gasteiger partial charge in [-0.3, -0.25) is 0 Å². The number of nitrogens with zero attached hydrogens (tertiary/aromatic N) is 3. The Balaban J connectivity index is 2.37. The summed E-state index contributed by atoms with van der Waals surface area (Å²) >= 11 is 1.77. The van der Waals surface area contributed by atoms with Crippen LogP contribution in [-0.4, -0.2) is 33.1 Å². The van der Waals surface area contributed by atoms with E-state index in [0.717, 1.165) is 24.1 Å². The Bertz CT molecular complexity index is 298. The first kappa shape index (κ1) is 12.5. The lowest BCUT2D eigenvalue weighted by Crippen LogP contribution is -2.23. The number of hydrogen-bond acceptors (Lipinski definition) is 4. The zero-order valence-corrected chi connectivity index (χ0v) is 10.8. The summed E-state index contributed by atoms with van der Waals surface area (Å²) in [6.07, 6.45) is 1.18. The molecule has 0 radical (unpaired) electrons. The van der Waals surface area contributed by atoms with Gasteiger partial charge in [0.1, 0.15) is 5.82 Å². The zero-order valence-electron chi connectivity index (χ0n) is 9.95. The molecule has 1 aromatic heterocycles. The van der Waals surface area contributed by atoms with Crippen molar-refractivity contribution < 1.29 is 0 Å². The molecule has 0 aromatic carbocycles. The zero-order chi connectivity index (χ0) is 11.3. The van der Waals surface area contributed by atoms with E-state index in [0.29, 0.717) is 5.25 Å². The van der Waals surface area contributed by atoms with E-state index in [1.165, 1.54) is 6.42 Å². The minimum atomic E-state index is 0.527. The van der Waals surface area contributed by atoms with Gasteiger partial charge in [0, 0.05) is 18.8 Å². The Labute approximate surface area is 95.9 Å². The Morgan fingerprint density at radius 3 is 2.73 bits per heavy atom. The normalized spacial score (nSPS) is 13.1. The van der Waals surface area contributed by atoms with Crippen LogP contribution in [0.15, 0.2) is 5.16 Å². The predicted octanol–water partition coefficient (Wildman–Crippen LogP) is 1.60. The van der Waals surface area contributed by atoms with E-state index in [1.54, 1.807) is 11.8 Å². The van der Waals surface area contributed by atoms with E-state index in [-0.39, 0.29) is 0 Å². The molecule has 0 aliphatic rings. The summed E-state index contributed by atoms with van der Waals surface area (Å²) in [5.74, 6) is 0.964. The molecule has 1 N–H and O–H groups in total. The Kier molecular flexibility index (Phi) is 5.11. The molecule has 0 saturated carbocycles. The van der Waals surface area contributed by atoms with Crippen LogP contribution in [-0.2, 0) is 7.05 Å². The van der Waals surface area contributed by atoms with Crippen molar-refractivity contribution in [2.45, 2.75) is 37.6 Å². The topological polar surface area (TPSA) is 42.7 Å². The maximum Gasteiger partial charge on any atom is 0.191 e. The third kappa shape index (κ3) is 3.83. The van der Waals surface area contributed by atoms with Gasteiger partial charge >= 0.3 is 0 Å². The molecule has 1 unspecified atom stereocenters. The van der Waals surface area contributed by atoms with Crippen LogP contribution in [0.25, 0.3) is 0 Å². The third-order valence-corrected chi connectivity index (χ3v) is 3.35. The molecule has 4 nitrogen and oxygen atoms in total. The van der Waals surface area contributed by atoms with Gasteiger partial charge in [-0.15, -0.1) is 10.2 Å². The first-order chi connectivity index (χ1) is 7.15. The summed E-state index contributed by atoms with van der Waals surface area (Å²) in [6.45, 7) is 8.46. The molecule has 0 saturated heterocycles. The average molecular weight is 228 g/mol. The molecule has 0 amide bonds. The van der Waals surface area contributed by atoms with Crippen LogP contribution < -0.4 is 5.32 Å². The quantitative estimate of drug-likeness (QED) is 0.593. The van der Waals surface area contributed by atoms with Crippen molar-refractivity contribution in [2.24, 2.45) is 7.05 Å². The van der Waals surface area contributed by atoms with Gasteiger partial charge in [-0.05, 0) is 19.9 Å². The first-order valence-electron chi connectivity index (χ1n) is 5.38. The second kappa shape index (κ2) is 6.12. The van der Waals surface area contributed by atoms with Crippen LogP contribution in [0.5, 0.6) is 0 Å². The first-order valence-corrected chi connectivity index (χ1v) is 6.26. The fourth-order valence-corrected chi connectivity index (χ4v) is 2.13. The van der Waals surface area contributed by atoms with E-state index in [4.69, 9.17) is 0 Å². The lowest BCUT2D eigenvalue weighted by molar-refractivity contribution is 0.666. The maximum absolute atomic E-state index is 4.13. The molecule has 0 spiro atoms. The summed E-state index contributed by atoms with van der Waals surface area (Å²) in [7, 11) is 2.00. The molecule has 5 heteroatoms. The summed E-state index contributed by atoms with van der Waals surface area (Å²) < 4.78 is 2.03. The minimum absolute atomic E-state index is 0.527. The number of aryl methyl sites for hydroxylation is 1. The Hall–Kier alpha value is -0.550. The summed E-state index contributed by atoms with van der Waals surface area (Å²) in [5.41, 5.74) is 0. The van der Waals surface area contributed by atoms with Gasteiger partial charge in [0.25, 0.3) is 0 Å². The van der Waals surface area contributed by atoms with Gasteiger partial charge in [0.05, 0.1) is 0 Å². The van der Waals surface area contributed by atoms with Crippen LogP contribution in [0.2, 0.25) is 0 Å². The second-order valence-electron chi connectivity index (χ2n) is 3.72. The molecule has 0 aliphatic heterocycles. The molecule has 1 aromatic rings. The van der Waals surface area contributed by atoms with E-state index in [2.05, 4.69) is 29.4 Å². The van der Waals surface area contributed by atoms with Crippen LogP contribution >= 0.6 is 11.8 Å².